The predicted octanol–water partition coefficient (Wildman–Crippen LogP) is 3.32. The van der Waals surface area contributed by atoms with Crippen LogP contribution in [-0.4, -0.2) is 32.8 Å². The van der Waals surface area contributed by atoms with Crippen molar-refractivity contribution in [3.05, 3.63) is 54.4 Å². The van der Waals surface area contributed by atoms with Crippen LogP contribution in [-0.2, 0) is 4.79 Å². The fraction of sp³-hybridized carbons (Fsp3) is 0.200. The Morgan fingerprint density at radius 2 is 2.07 bits per heavy atom. The third kappa shape index (κ3) is 4.17. The largest absolute Gasteiger partial charge is 0.437 e. The molecule has 0 aliphatic carbocycles. The smallest absolute Gasteiger partial charge is 0.255 e. The van der Waals surface area contributed by atoms with Crippen LogP contribution in [0, 0.1) is 6.92 Å². The molecule has 3 aromatic rings. The van der Waals surface area contributed by atoms with Crippen LogP contribution in [0.1, 0.15) is 29.9 Å². The Morgan fingerprint density at radius 1 is 1.29 bits per heavy atom. The molecule has 0 unspecified atom stereocenters. The van der Waals surface area contributed by atoms with E-state index in [1.807, 2.05) is 13.8 Å². The molecule has 2 heterocycles. The Hall–Kier alpha value is -3.68. The van der Waals surface area contributed by atoms with Crippen molar-refractivity contribution in [3.63, 3.8) is 0 Å². The molecule has 28 heavy (non-hydrogen) atoms. The monoisotopic (exact) mass is 379 g/mol. The molecular weight excluding hydrogens is 358 g/mol. The second-order valence-electron chi connectivity index (χ2n) is 6.47. The van der Waals surface area contributed by atoms with E-state index in [1.54, 1.807) is 37.4 Å². The van der Waals surface area contributed by atoms with E-state index in [1.165, 1.54) is 6.08 Å². The third-order valence-electron chi connectivity index (χ3n) is 3.80. The molecule has 144 valence electrons. The Labute approximate surface area is 162 Å². The summed E-state index contributed by atoms with van der Waals surface area (Å²) in [7, 11) is 0. The van der Waals surface area contributed by atoms with Crippen LogP contribution >= 0.6 is 0 Å². The van der Waals surface area contributed by atoms with Crippen LogP contribution in [0.3, 0.4) is 0 Å². The molecule has 0 aliphatic rings. The van der Waals surface area contributed by atoms with Crippen molar-refractivity contribution in [1.29, 1.82) is 0 Å². The summed E-state index contributed by atoms with van der Waals surface area (Å²) in [6.07, 6.45) is 2.77. The highest BCUT2D eigenvalue weighted by molar-refractivity contribution is 6.04. The van der Waals surface area contributed by atoms with Gasteiger partial charge in [0.25, 0.3) is 5.91 Å². The van der Waals surface area contributed by atoms with Gasteiger partial charge in [-0.25, -0.2) is 9.97 Å². The van der Waals surface area contributed by atoms with E-state index < -0.39 is 0 Å². The first-order chi connectivity index (χ1) is 13.4. The van der Waals surface area contributed by atoms with Gasteiger partial charge < -0.3 is 20.4 Å². The summed E-state index contributed by atoms with van der Waals surface area (Å²) in [5.74, 6) is 0.197. The zero-order chi connectivity index (χ0) is 20.3. The number of carbonyl (C=O) groups is 2. The number of anilines is 1. The first-order valence-electron chi connectivity index (χ1n) is 8.75. The quantitative estimate of drug-likeness (QED) is 0.569. The number of aromatic amines is 1. The molecule has 0 aliphatic heterocycles. The van der Waals surface area contributed by atoms with Gasteiger partial charge in [0.15, 0.2) is 5.65 Å². The molecule has 2 amide bonds. The summed E-state index contributed by atoms with van der Waals surface area (Å²) in [4.78, 5) is 35.7. The van der Waals surface area contributed by atoms with Crippen LogP contribution in [0.4, 0.5) is 5.69 Å². The van der Waals surface area contributed by atoms with Gasteiger partial charge in [-0.2, -0.15) is 0 Å². The zero-order valence-electron chi connectivity index (χ0n) is 15.9. The highest BCUT2D eigenvalue weighted by Gasteiger charge is 2.18. The Kier molecular flexibility index (Phi) is 5.39. The molecule has 0 atom stereocenters. The first kappa shape index (κ1) is 19.1. The highest BCUT2D eigenvalue weighted by atomic mass is 16.5. The van der Waals surface area contributed by atoms with Gasteiger partial charge in [-0.15, -0.1) is 0 Å². The molecule has 8 nitrogen and oxygen atoms in total. The molecule has 0 fully saturated rings. The number of aryl methyl sites for hydroxylation is 1. The molecule has 3 N–H and O–H groups in total. The summed E-state index contributed by atoms with van der Waals surface area (Å²) in [6, 6.07) is 6.87. The molecule has 1 aromatic carbocycles. The summed E-state index contributed by atoms with van der Waals surface area (Å²) in [5, 5.41) is 5.51. The van der Waals surface area contributed by atoms with Gasteiger partial charge in [0.2, 0.25) is 11.8 Å². The summed E-state index contributed by atoms with van der Waals surface area (Å²) < 4.78 is 5.86. The van der Waals surface area contributed by atoms with Crippen LogP contribution in [0.15, 0.2) is 43.1 Å². The van der Waals surface area contributed by atoms with Gasteiger partial charge in [0, 0.05) is 24.0 Å². The highest BCUT2D eigenvalue weighted by Crippen LogP contribution is 2.27. The first-order valence-corrected chi connectivity index (χ1v) is 8.75. The molecule has 3 rings (SSSR count). The predicted molar refractivity (Wildman–Crippen MR) is 107 cm³/mol. The number of benzene rings is 1. The SMILES string of the molecule is C=CC(=O)Nc1cccc(Oc2nc3c(C(=O)NC(C)C)c[nH]c3nc2C)c1. The molecular formula is C20H21N5O3. The van der Waals surface area contributed by atoms with Crippen molar-refractivity contribution in [2.75, 3.05) is 5.32 Å². The normalized spacial score (nSPS) is 10.7. The Morgan fingerprint density at radius 3 is 2.79 bits per heavy atom. The molecule has 0 radical (unpaired) electrons. The number of rotatable bonds is 6. The standard InChI is InChI=1S/C20H21N5O3/c1-5-16(26)24-13-7-6-8-14(9-13)28-20-12(4)23-18-17(25-20)15(10-21-18)19(27)22-11(2)3/h5-11H,1H2,2-4H3,(H,21,23)(H,22,27)(H,24,26). The number of nitrogens with one attached hydrogen (secondary N) is 3. The number of nitrogens with zero attached hydrogens (tertiary/aromatic N) is 2. The van der Waals surface area contributed by atoms with Gasteiger partial charge in [0.05, 0.1) is 5.56 Å². The average molecular weight is 379 g/mol. The minimum atomic E-state index is -0.317. The minimum Gasteiger partial charge on any atom is -0.437 e. The Balaban J connectivity index is 1.92. The lowest BCUT2D eigenvalue weighted by molar-refractivity contribution is -0.111. The fourth-order valence-corrected chi connectivity index (χ4v) is 2.55. The maximum absolute atomic E-state index is 12.4. The summed E-state index contributed by atoms with van der Waals surface area (Å²) in [5.41, 5.74) is 2.45. The van der Waals surface area contributed by atoms with E-state index in [-0.39, 0.29) is 23.7 Å². The van der Waals surface area contributed by atoms with E-state index in [0.717, 1.165) is 0 Å². The lowest BCUT2D eigenvalue weighted by Gasteiger charge is -2.10. The maximum atomic E-state index is 12.4. The number of ether oxygens (including phenoxy) is 1. The van der Waals surface area contributed by atoms with Gasteiger partial charge in [0.1, 0.15) is 17.0 Å². The van der Waals surface area contributed by atoms with Gasteiger partial charge >= 0.3 is 0 Å². The summed E-state index contributed by atoms with van der Waals surface area (Å²) in [6.45, 7) is 8.96. The number of amides is 2. The fourth-order valence-electron chi connectivity index (χ4n) is 2.55. The van der Waals surface area contributed by atoms with Crippen molar-refractivity contribution in [2.45, 2.75) is 26.8 Å². The lowest BCUT2D eigenvalue weighted by Crippen LogP contribution is -2.30. The van der Waals surface area contributed by atoms with Crippen LogP contribution in [0.5, 0.6) is 11.6 Å². The van der Waals surface area contributed by atoms with E-state index in [2.05, 4.69) is 32.2 Å². The minimum absolute atomic E-state index is 0.0000868. The number of aromatic nitrogens is 3. The lowest BCUT2D eigenvalue weighted by atomic mass is 10.2. The van der Waals surface area contributed by atoms with Crippen molar-refractivity contribution >= 4 is 28.7 Å². The van der Waals surface area contributed by atoms with E-state index in [9.17, 15) is 9.59 Å². The second kappa shape index (κ2) is 7.91. The molecule has 0 saturated heterocycles. The van der Waals surface area contributed by atoms with Crippen molar-refractivity contribution in [3.8, 4) is 11.6 Å². The molecule has 0 saturated carbocycles. The number of carbonyl (C=O) groups excluding carboxylic acids is 2. The topological polar surface area (TPSA) is 109 Å². The number of fused-ring (bicyclic) bond motifs is 1. The molecule has 0 spiro atoms. The number of H-pyrrole nitrogens is 1. The second-order valence-corrected chi connectivity index (χ2v) is 6.47. The van der Waals surface area contributed by atoms with Gasteiger partial charge in [-0.05, 0) is 39.0 Å². The van der Waals surface area contributed by atoms with Crippen molar-refractivity contribution < 1.29 is 14.3 Å². The van der Waals surface area contributed by atoms with Crippen molar-refractivity contribution in [2.24, 2.45) is 0 Å². The van der Waals surface area contributed by atoms with E-state index in [4.69, 9.17) is 4.74 Å². The van der Waals surface area contributed by atoms with Gasteiger partial charge in [-0.3, -0.25) is 9.59 Å². The zero-order valence-corrected chi connectivity index (χ0v) is 15.9. The van der Waals surface area contributed by atoms with Gasteiger partial charge in [-0.1, -0.05) is 12.6 Å². The number of hydrogen-bond donors (Lipinski definition) is 3. The molecule has 2 aromatic heterocycles. The van der Waals surface area contributed by atoms with Crippen molar-refractivity contribution in [1.82, 2.24) is 20.3 Å². The molecule has 8 heteroatoms. The van der Waals surface area contributed by atoms with E-state index >= 15 is 0 Å². The summed E-state index contributed by atoms with van der Waals surface area (Å²) >= 11 is 0. The van der Waals surface area contributed by atoms with Crippen LogP contribution < -0.4 is 15.4 Å². The number of hydrogen-bond acceptors (Lipinski definition) is 5. The molecule has 0 bridgehead atoms. The van der Waals surface area contributed by atoms with Crippen LogP contribution in [0.25, 0.3) is 11.2 Å². The van der Waals surface area contributed by atoms with Crippen LogP contribution in [0.2, 0.25) is 0 Å². The Bertz CT molecular complexity index is 1060. The maximum Gasteiger partial charge on any atom is 0.255 e. The third-order valence-corrected chi connectivity index (χ3v) is 3.80. The average Bonchev–Trinajstić information content (AvgIpc) is 3.04. The van der Waals surface area contributed by atoms with E-state index in [0.29, 0.717) is 33.9 Å².